The molecule has 96 valence electrons. The van der Waals surface area contributed by atoms with E-state index in [-0.39, 0.29) is 0 Å². The van der Waals surface area contributed by atoms with Gasteiger partial charge in [0.2, 0.25) is 0 Å². The number of rotatable bonds is 1. The van der Waals surface area contributed by atoms with Crippen LogP contribution in [0.15, 0.2) is 18.2 Å². The molecule has 0 unspecified atom stereocenters. The van der Waals surface area contributed by atoms with E-state index in [0.29, 0.717) is 21.8 Å². The van der Waals surface area contributed by atoms with Crippen LogP contribution >= 0.6 is 11.6 Å². The smallest absolute Gasteiger partial charge is 0.343 e. The van der Waals surface area contributed by atoms with E-state index < -0.39 is 11.6 Å². The highest BCUT2D eigenvalue weighted by molar-refractivity contribution is 6.31. The zero-order valence-electron chi connectivity index (χ0n) is 10.5. The lowest BCUT2D eigenvalue weighted by atomic mass is 10.1. The fraction of sp³-hybridized carbons (Fsp3) is 0.308. The van der Waals surface area contributed by atoms with Gasteiger partial charge in [0.25, 0.3) is 0 Å². The largest absolute Gasteiger partial charge is 0.456 e. The highest BCUT2D eigenvalue weighted by atomic mass is 35.5. The Kier molecular flexibility index (Phi) is 2.99. The standard InChI is InChI=1S/C13H15ClN2O2/c1-13(2,3)18-12(17)10-8-5-4-7(14)6-9(8)16-11(10)15/h4-6,16H,15H2,1-3H3. The van der Waals surface area contributed by atoms with Gasteiger partial charge in [-0.3, -0.25) is 0 Å². The molecule has 0 aliphatic heterocycles. The van der Waals surface area contributed by atoms with Crippen LogP contribution in [0.1, 0.15) is 31.1 Å². The van der Waals surface area contributed by atoms with Gasteiger partial charge in [0, 0.05) is 15.9 Å². The summed E-state index contributed by atoms with van der Waals surface area (Å²) in [5, 5.41) is 1.30. The molecule has 0 atom stereocenters. The van der Waals surface area contributed by atoms with Crippen molar-refractivity contribution in [3.63, 3.8) is 0 Å². The summed E-state index contributed by atoms with van der Waals surface area (Å²) in [6, 6.07) is 5.19. The van der Waals surface area contributed by atoms with Crippen molar-refractivity contribution in [1.29, 1.82) is 0 Å². The Balaban J connectivity index is 2.51. The molecule has 0 bridgehead atoms. The van der Waals surface area contributed by atoms with Gasteiger partial charge >= 0.3 is 5.97 Å². The monoisotopic (exact) mass is 266 g/mol. The molecule has 0 radical (unpaired) electrons. The molecule has 5 heteroatoms. The van der Waals surface area contributed by atoms with Gasteiger partial charge in [-0.2, -0.15) is 0 Å². The first-order valence-corrected chi connectivity index (χ1v) is 5.96. The van der Waals surface area contributed by atoms with E-state index >= 15 is 0 Å². The number of esters is 1. The van der Waals surface area contributed by atoms with Crippen LogP contribution in [0.25, 0.3) is 10.9 Å². The number of aromatic amines is 1. The van der Waals surface area contributed by atoms with Crippen LogP contribution in [0.5, 0.6) is 0 Å². The summed E-state index contributed by atoms with van der Waals surface area (Å²) in [7, 11) is 0. The fourth-order valence-corrected chi connectivity index (χ4v) is 1.91. The van der Waals surface area contributed by atoms with Crippen LogP contribution in [0.3, 0.4) is 0 Å². The second kappa shape index (κ2) is 4.21. The molecule has 0 spiro atoms. The average Bonchev–Trinajstić information content (AvgIpc) is 2.50. The van der Waals surface area contributed by atoms with Crippen LogP contribution < -0.4 is 5.73 Å². The Labute approximate surface area is 110 Å². The molecular formula is C13H15ClN2O2. The second-order valence-corrected chi connectivity index (χ2v) is 5.54. The summed E-state index contributed by atoms with van der Waals surface area (Å²) in [6.45, 7) is 5.44. The number of carbonyl (C=O) groups excluding carboxylic acids is 1. The van der Waals surface area contributed by atoms with Crippen LogP contribution in [0.4, 0.5) is 5.82 Å². The van der Waals surface area contributed by atoms with Crippen molar-refractivity contribution < 1.29 is 9.53 Å². The molecule has 4 nitrogen and oxygen atoms in total. The first-order valence-electron chi connectivity index (χ1n) is 5.58. The molecule has 3 N–H and O–H groups in total. The van der Waals surface area contributed by atoms with E-state index in [2.05, 4.69) is 4.98 Å². The van der Waals surface area contributed by atoms with Crippen molar-refractivity contribution in [2.24, 2.45) is 0 Å². The second-order valence-electron chi connectivity index (χ2n) is 5.11. The van der Waals surface area contributed by atoms with Gasteiger partial charge in [0.05, 0.1) is 0 Å². The summed E-state index contributed by atoms with van der Waals surface area (Å²) in [4.78, 5) is 15.0. The zero-order valence-corrected chi connectivity index (χ0v) is 11.3. The summed E-state index contributed by atoms with van der Waals surface area (Å²) in [5.41, 5.74) is 6.35. The number of carbonyl (C=O) groups is 1. The molecule has 1 heterocycles. The van der Waals surface area contributed by atoms with E-state index in [0.717, 1.165) is 5.52 Å². The number of anilines is 1. The lowest BCUT2D eigenvalue weighted by Gasteiger charge is -2.19. The molecule has 18 heavy (non-hydrogen) atoms. The van der Waals surface area contributed by atoms with Gasteiger partial charge in [-0.1, -0.05) is 17.7 Å². The van der Waals surface area contributed by atoms with Gasteiger partial charge in [-0.05, 0) is 32.9 Å². The van der Waals surface area contributed by atoms with Crippen molar-refractivity contribution in [2.45, 2.75) is 26.4 Å². The van der Waals surface area contributed by atoms with E-state index in [4.69, 9.17) is 22.1 Å². The number of hydrogen-bond donors (Lipinski definition) is 2. The third-order valence-corrected chi connectivity index (χ3v) is 2.63. The summed E-state index contributed by atoms with van der Waals surface area (Å²) >= 11 is 5.89. The normalized spacial score (nSPS) is 11.8. The number of aromatic nitrogens is 1. The third-order valence-electron chi connectivity index (χ3n) is 2.39. The first-order chi connectivity index (χ1) is 8.28. The Hall–Kier alpha value is -1.68. The maximum atomic E-state index is 12.1. The molecule has 0 amide bonds. The van der Waals surface area contributed by atoms with Crippen LogP contribution in [0.2, 0.25) is 5.02 Å². The number of H-pyrrole nitrogens is 1. The Morgan fingerprint density at radius 2 is 2.06 bits per heavy atom. The van der Waals surface area contributed by atoms with Gasteiger partial charge in [0.15, 0.2) is 0 Å². The quantitative estimate of drug-likeness (QED) is 0.778. The van der Waals surface area contributed by atoms with Crippen LogP contribution in [-0.4, -0.2) is 16.6 Å². The maximum Gasteiger partial charge on any atom is 0.343 e. The molecule has 0 saturated heterocycles. The van der Waals surface area contributed by atoms with Gasteiger partial charge < -0.3 is 15.5 Å². The maximum absolute atomic E-state index is 12.1. The van der Waals surface area contributed by atoms with Gasteiger partial charge in [-0.25, -0.2) is 4.79 Å². The average molecular weight is 267 g/mol. The summed E-state index contributed by atoms with van der Waals surface area (Å²) in [5.74, 6) is -0.143. The number of benzene rings is 1. The van der Waals surface area contributed by atoms with E-state index in [1.54, 1.807) is 18.2 Å². The summed E-state index contributed by atoms with van der Waals surface area (Å²) < 4.78 is 5.33. The number of ether oxygens (including phenoxy) is 1. The minimum atomic E-state index is -0.556. The predicted octanol–water partition coefficient (Wildman–Crippen LogP) is 3.36. The number of fused-ring (bicyclic) bond motifs is 1. The van der Waals surface area contributed by atoms with Crippen molar-refractivity contribution in [3.05, 3.63) is 28.8 Å². The van der Waals surface area contributed by atoms with Gasteiger partial charge in [0.1, 0.15) is 17.0 Å². The molecule has 0 fully saturated rings. The summed E-state index contributed by atoms with van der Waals surface area (Å²) in [6.07, 6.45) is 0. The van der Waals surface area contributed by atoms with Crippen molar-refractivity contribution in [3.8, 4) is 0 Å². The molecule has 0 saturated carbocycles. The lowest BCUT2D eigenvalue weighted by molar-refractivity contribution is 0.00732. The van der Waals surface area contributed by atoms with E-state index in [1.807, 2.05) is 20.8 Å². The minimum absolute atomic E-state index is 0.293. The molecular weight excluding hydrogens is 252 g/mol. The third kappa shape index (κ3) is 2.43. The Morgan fingerprint density at radius 1 is 1.39 bits per heavy atom. The molecule has 2 rings (SSSR count). The van der Waals surface area contributed by atoms with E-state index in [1.165, 1.54) is 0 Å². The molecule has 0 aliphatic rings. The highest BCUT2D eigenvalue weighted by Gasteiger charge is 2.23. The molecule has 2 aromatic rings. The topological polar surface area (TPSA) is 68.1 Å². The van der Waals surface area contributed by atoms with Crippen molar-refractivity contribution in [2.75, 3.05) is 5.73 Å². The number of halogens is 1. The fourth-order valence-electron chi connectivity index (χ4n) is 1.74. The van der Waals surface area contributed by atoms with Crippen molar-refractivity contribution >= 4 is 34.3 Å². The molecule has 1 aromatic heterocycles. The number of hydrogen-bond acceptors (Lipinski definition) is 3. The lowest BCUT2D eigenvalue weighted by Crippen LogP contribution is -2.24. The van der Waals surface area contributed by atoms with Crippen LogP contribution in [-0.2, 0) is 4.74 Å². The Morgan fingerprint density at radius 3 is 2.67 bits per heavy atom. The highest BCUT2D eigenvalue weighted by Crippen LogP contribution is 2.28. The SMILES string of the molecule is CC(C)(C)OC(=O)c1c(N)[nH]c2cc(Cl)ccc12. The number of nitrogens with one attached hydrogen (secondary N) is 1. The Bertz CT molecular complexity index is 611. The zero-order chi connectivity index (χ0) is 13.5. The van der Waals surface area contributed by atoms with Crippen LogP contribution in [0, 0.1) is 0 Å². The molecule has 0 aliphatic carbocycles. The molecule has 1 aromatic carbocycles. The van der Waals surface area contributed by atoms with Crippen molar-refractivity contribution in [1.82, 2.24) is 4.98 Å². The van der Waals surface area contributed by atoms with Gasteiger partial charge in [-0.15, -0.1) is 0 Å². The predicted molar refractivity (Wildman–Crippen MR) is 72.9 cm³/mol. The first kappa shape index (κ1) is 12.8. The minimum Gasteiger partial charge on any atom is -0.456 e. The number of nitrogen functional groups attached to an aromatic ring is 1. The number of nitrogens with two attached hydrogens (primary N) is 1. The van der Waals surface area contributed by atoms with E-state index in [9.17, 15) is 4.79 Å².